The van der Waals surface area contributed by atoms with E-state index in [1.54, 1.807) is 0 Å². The van der Waals surface area contributed by atoms with E-state index in [0.717, 1.165) is 5.21 Å². The van der Waals surface area contributed by atoms with Gasteiger partial charge in [0.2, 0.25) is 0 Å². The first-order valence-corrected chi connectivity index (χ1v) is 12.9. The van der Waals surface area contributed by atoms with E-state index < -0.39 is 50.9 Å². The molecule has 0 amide bonds. The first kappa shape index (κ1) is 16.4. The van der Waals surface area contributed by atoms with Crippen molar-refractivity contribution in [3.63, 3.8) is 0 Å². The van der Waals surface area contributed by atoms with Crippen LogP contribution in [0, 0.1) is 0 Å². The molecule has 1 unspecified atom stereocenters. The van der Waals surface area contributed by atoms with E-state index in [9.17, 15) is 10.2 Å². The van der Waals surface area contributed by atoms with Gasteiger partial charge in [0.15, 0.2) is 0 Å². The van der Waals surface area contributed by atoms with Crippen LogP contribution in [0.4, 0.5) is 0 Å². The summed E-state index contributed by atoms with van der Waals surface area (Å²) in [5, 5.41) is 38.2. The van der Waals surface area contributed by atoms with Gasteiger partial charge in [-0.2, -0.15) is 0 Å². The van der Waals surface area contributed by atoms with E-state index in [1.807, 2.05) is 0 Å². The standard InChI is InChI=1S/C11H24AsO6/c1-12(2,3)4-8-9(15)10(16)11(18-8)17-6-7(14)5-13/h7-11,13-16H,4-6H2,1-3H3/q+1/t7?,8-,9-,10-,11-/m1/s1. The zero-order valence-corrected chi connectivity index (χ0v) is 12.9. The summed E-state index contributed by atoms with van der Waals surface area (Å²) in [6, 6.07) is 0. The van der Waals surface area contributed by atoms with Gasteiger partial charge in [-0.15, -0.1) is 0 Å². The molecule has 1 aliphatic rings. The second kappa shape index (κ2) is 6.66. The fourth-order valence-corrected chi connectivity index (χ4v) is 4.70. The van der Waals surface area contributed by atoms with Gasteiger partial charge in [0, 0.05) is 0 Å². The second-order valence-corrected chi connectivity index (χ2v) is 16.0. The fraction of sp³-hybridized carbons (Fsp3) is 1.00. The van der Waals surface area contributed by atoms with Crippen molar-refractivity contribution in [1.29, 1.82) is 0 Å². The molecule has 1 rings (SSSR count). The molecule has 0 saturated carbocycles. The van der Waals surface area contributed by atoms with Gasteiger partial charge < -0.3 is 0 Å². The molecule has 1 heterocycles. The molecule has 0 aromatic rings. The van der Waals surface area contributed by atoms with Gasteiger partial charge in [0.05, 0.1) is 0 Å². The van der Waals surface area contributed by atoms with Crippen molar-refractivity contribution in [1.82, 2.24) is 0 Å². The average Bonchev–Trinajstić information content (AvgIpc) is 2.52. The SMILES string of the molecule is C[As+](C)(C)C[C@H]1O[C@@H](OCC(O)CO)[C@H](O)[C@@H]1O. The zero-order chi connectivity index (χ0) is 13.9. The molecule has 0 aliphatic carbocycles. The number of ether oxygens (including phenoxy) is 2. The van der Waals surface area contributed by atoms with Crippen LogP contribution in [0.3, 0.4) is 0 Å². The number of hydrogen-bond acceptors (Lipinski definition) is 6. The molecule has 1 fully saturated rings. The molecule has 108 valence electrons. The van der Waals surface area contributed by atoms with Crippen LogP contribution in [0.25, 0.3) is 0 Å². The molecule has 0 aromatic heterocycles. The summed E-state index contributed by atoms with van der Waals surface area (Å²) in [6.07, 6.45) is -4.42. The van der Waals surface area contributed by atoms with Crippen LogP contribution in [0.15, 0.2) is 0 Å². The maximum atomic E-state index is 9.87. The quantitative estimate of drug-likeness (QED) is 0.474. The number of aliphatic hydroxyl groups is 4. The molecule has 5 atom stereocenters. The predicted molar refractivity (Wildman–Crippen MR) is 67.9 cm³/mol. The van der Waals surface area contributed by atoms with Crippen LogP contribution in [0.2, 0.25) is 22.3 Å². The minimum atomic E-state index is -1.74. The topological polar surface area (TPSA) is 99.4 Å². The summed E-state index contributed by atoms with van der Waals surface area (Å²) < 4.78 is 10.6. The number of aliphatic hydroxyl groups excluding tert-OH is 4. The third-order valence-corrected chi connectivity index (χ3v) is 5.76. The summed E-state index contributed by atoms with van der Waals surface area (Å²) in [4.78, 5) is 0. The molecular weight excluding hydrogens is 303 g/mol. The van der Waals surface area contributed by atoms with Gasteiger partial charge in [-0.05, 0) is 0 Å². The summed E-state index contributed by atoms with van der Waals surface area (Å²) in [7, 11) is 0. The van der Waals surface area contributed by atoms with E-state index in [-0.39, 0.29) is 6.61 Å². The van der Waals surface area contributed by atoms with E-state index in [0.29, 0.717) is 0 Å². The van der Waals surface area contributed by atoms with E-state index in [4.69, 9.17) is 19.7 Å². The number of rotatable bonds is 6. The van der Waals surface area contributed by atoms with Crippen LogP contribution in [0.1, 0.15) is 0 Å². The summed E-state index contributed by atoms with van der Waals surface area (Å²) in [5.41, 5.74) is 6.55. The van der Waals surface area contributed by atoms with Crippen molar-refractivity contribution in [3.8, 4) is 0 Å². The van der Waals surface area contributed by atoms with E-state index in [1.165, 1.54) is 0 Å². The van der Waals surface area contributed by atoms with Gasteiger partial charge in [-0.1, -0.05) is 0 Å². The Morgan fingerprint density at radius 2 is 1.83 bits per heavy atom. The van der Waals surface area contributed by atoms with Gasteiger partial charge in [-0.3, -0.25) is 0 Å². The molecule has 0 aromatic carbocycles. The van der Waals surface area contributed by atoms with Crippen LogP contribution in [-0.4, -0.2) is 77.9 Å². The first-order chi connectivity index (χ1) is 8.24. The normalized spacial score (nSPS) is 34.8. The molecular formula is C11H24AsO6+. The molecule has 1 aliphatic heterocycles. The number of hydrogen-bond donors (Lipinski definition) is 4. The van der Waals surface area contributed by atoms with E-state index in [2.05, 4.69) is 17.1 Å². The Kier molecular flexibility index (Phi) is 6.06. The fourth-order valence-electron chi connectivity index (χ4n) is 1.80. The van der Waals surface area contributed by atoms with Crippen molar-refractivity contribution in [2.45, 2.75) is 53.0 Å². The Morgan fingerprint density at radius 1 is 1.22 bits per heavy atom. The molecule has 7 heteroatoms. The summed E-state index contributed by atoms with van der Waals surface area (Å²) in [5.74, 6) is 0. The van der Waals surface area contributed by atoms with Gasteiger partial charge in [0.25, 0.3) is 0 Å². The van der Waals surface area contributed by atoms with E-state index >= 15 is 0 Å². The second-order valence-electron chi connectivity index (χ2n) is 5.67. The monoisotopic (exact) mass is 327 g/mol. The van der Waals surface area contributed by atoms with Gasteiger partial charge in [0.1, 0.15) is 0 Å². The van der Waals surface area contributed by atoms with Crippen molar-refractivity contribution >= 4 is 13.6 Å². The minimum absolute atomic E-state index is 0.132. The van der Waals surface area contributed by atoms with Crippen LogP contribution in [-0.2, 0) is 9.47 Å². The Labute approximate surface area is 110 Å². The van der Waals surface area contributed by atoms with Crippen molar-refractivity contribution in [2.75, 3.05) is 13.2 Å². The maximum absolute atomic E-state index is 9.87. The molecule has 0 radical (unpaired) electrons. The van der Waals surface area contributed by atoms with Crippen molar-refractivity contribution < 1.29 is 29.9 Å². The Balaban J connectivity index is 2.48. The Morgan fingerprint density at radius 3 is 2.33 bits per heavy atom. The predicted octanol–water partition coefficient (Wildman–Crippen LogP) is -0.859. The molecule has 0 bridgehead atoms. The summed E-state index contributed by atoms with van der Waals surface area (Å²) in [6.45, 7) is -0.543. The van der Waals surface area contributed by atoms with Gasteiger partial charge in [-0.25, -0.2) is 0 Å². The van der Waals surface area contributed by atoms with Crippen LogP contribution < -0.4 is 0 Å². The first-order valence-electron chi connectivity index (χ1n) is 5.97. The third kappa shape index (κ3) is 4.77. The zero-order valence-electron chi connectivity index (χ0n) is 11.1. The van der Waals surface area contributed by atoms with Gasteiger partial charge >= 0.3 is 110 Å². The Bertz CT molecular complexity index is 256. The average molecular weight is 327 g/mol. The third-order valence-electron chi connectivity index (χ3n) is 2.71. The molecule has 0 spiro atoms. The van der Waals surface area contributed by atoms with Crippen molar-refractivity contribution in [3.05, 3.63) is 0 Å². The summed E-state index contributed by atoms with van der Waals surface area (Å²) >= 11 is -1.74. The molecule has 4 N–H and O–H groups in total. The Hall–Kier alpha value is 0.318. The molecule has 6 nitrogen and oxygen atoms in total. The van der Waals surface area contributed by atoms with Crippen LogP contribution in [0.5, 0.6) is 0 Å². The molecule has 1 saturated heterocycles. The van der Waals surface area contributed by atoms with Crippen molar-refractivity contribution in [2.24, 2.45) is 0 Å². The molecule has 18 heavy (non-hydrogen) atoms. The van der Waals surface area contributed by atoms with Crippen LogP contribution >= 0.6 is 0 Å².